The molecule has 0 bridgehead atoms. The van der Waals surface area contributed by atoms with Crippen LogP contribution in [0.5, 0.6) is 0 Å². The van der Waals surface area contributed by atoms with Crippen molar-refractivity contribution in [1.29, 1.82) is 0 Å². The number of hydrogen-bond acceptors (Lipinski definition) is 6. The maximum Gasteiger partial charge on any atom is 0.241 e. The highest BCUT2D eigenvalue weighted by atomic mass is 16.2. The summed E-state index contributed by atoms with van der Waals surface area (Å²) in [6.07, 6.45) is 3.49. The van der Waals surface area contributed by atoms with Crippen molar-refractivity contribution in [3.05, 3.63) is 42.7 Å². The highest BCUT2D eigenvalue weighted by Crippen LogP contribution is 2.17. The van der Waals surface area contributed by atoms with Crippen molar-refractivity contribution in [2.45, 2.75) is 13.8 Å². The Labute approximate surface area is 161 Å². The third-order valence-corrected chi connectivity index (χ3v) is 4.91. The van der Waals surface area contributed by atoms with Crippen LogP contribution in [-0.2, 0) is 4.79 Å². The fraction of sp³-hybridized carbons (Fsp3) is 0.450. The van der Waals surface area contributed by atoms with E-state index in [-0.39, 0.29) is 5.91 Å². The third kappa shape index (κ3) is 4.87. The monoisotopic (exact) mass is 368 g/mol. The molecule has 1 aliphatic heterocycles. The molecule has 7 heteroatoms. The van der Waals surface area contributed by atoms with Crippen LogP contribution in [0.4, 0.5) is 17.3 Å². The summed E-state index contributed by atoms with van der Waals surface area (Å²) in [4.78, 5) is 27.3. The molecule has 144 valence electrons. The topological polar surface area (TPSA) is 64.6 Å². The molecule has 0 radical (unpaired) electrons. The number of hydrogen-bond donors (Lipinski definition) is 1. The number of aromatic nitrogens is 2. The van der Waals surface area contributed by atoms with Gasteiger partial charge >= 0.3 is 0 Å². The van der Waals surface area contributed by atoms with E-state index in [9.17, 15) is 4.79 Å². The second-order valence-corrected chi connectivity index (χ2v) is 6.49. The minimum Gasteiger partial charge on any atom is -0.376 e. The summed E-state index contributed by atoms with van der Waals surface area (Å²) in [7, 11) is 0. The zero-order valence-corrected chi connectivity index (χ0v) is 16.1. The molecule has 0 saturated carbocycles. The fourth-order valence-corrected chi connectivity index (χ4v) is 3.28. The van der Waals surface area contributed by atoms with E-state index in [1.165, 1.54) is 5.69 Å². The summed E-state index contributed by atoms with van der Waals surface area (Å²) in [5.74, 6) is 0.854. The van der Waals surface area contributed by atoms with Gasteiger partial charge in [-0.05, 0) is 44.2 Å². The quantitative estimate of drug-likeness (QED) is 0.807. The first-order valence-electron chi connectivity index (χ1n) is 9.60. The summed E-state index contributed by atoms with van der Waals surface area (Å²) < 4.78 is 0. The van der Waals surface area contributed by atoms with Gasteiger partial charge in [-0.3, -0.25) is 4.79 Å². The summed E-state index contributed by atoms with van der Waals surface area (Å²) in [5, 5.41) is 3.24. The van der Waals surface area contributed by atoms with Crippen LogP contribution in [0.3, 0.4) is 0 Å². The first kappa shape index (κ1) is 18.9. The van der Waals surface area contributed by atoms with Gasteiger partial charge in [-0.15, -0.1) is 0 Å². The lowest BCUT2D eigenvalue weighted by Gasteiger charge is -2.34. The van der Waals surface area contributed by atoms with Crippen LogP contribution in [0.1, 0.15) is 13.8 Å². The molecule has 1 N–H and O–H groups in total. The average molecular weight is 368 g/mol. The van der Waals surface area contributed by atoms with Crippen molar-refractivity contribution in [2.75, 3.05) is 60.9 Å². The van der Waals surface area contributed by atoms with Crippen LogP contribution in [0.15, 0.2) is 42.7 Å². The Morgan fingerprint density at radius 1 is 1.04 bits per heavy atom. The predicted molar refractivity (Wildman–Crippen MR) is 109 cm³/mol. The number of nitrogens with zero attached hydrogens (tertiary/aromatic N) is 5. The summed E-state index contributed by atoms with van der Waals surface area (Å²) >= 11 is 0. The number of anilines is 3. The number of amides is 1. The highest BCUT2D eigenvalue weighted by molar-refractivity contribution is 5.81. The molecule has 0 aliphatic carbocycles. The second kappa shape index (κ2) is 9.21. The predicted octanol–water partition coefficient (Wildman–Crippen LogP) is 2.08. The smallest absolute Gasteiger partial charge is 0.241 e. The zero-order valence-electron chi connectivity index (χ0n) is 16.1. The van der Waals surface area contributed by atoms with Gasteiger partial charge in [0.25, 0.3) is 0 Å². The van der Waals surface area contributed by atoms with Gasteiger partial charge in [0.05, 0.1) is 6.54 Å². The Balaban J connectivity index is 1.46. The van der Waals surface area contributed by atoms with Crippen molar-refractivity contribution in [1.82, 2.24) is 14.9 Å². The fourth-order valence-electron chi connectivity index (χ4n) is 3.28. The van der Waals surface area contributed by atoms with Crippen molar-refractivity contribution in [3.63, 3.8) is 0 Å². The molecule has 1 aromatic carbocycles. The molecule has 2 heterocycles. The first-order valence-corrected chi connectivity index (χ1v) is 9.60. The largest absolute Gasteiger partial charge is 0.376 e. The van der Waals surface area contributed by atoms with E-state index in [0.717, 1.165) is 37.8 Å². The van der Waals surface area contributed by atoms with E-state index in [2.05, 4.69) is 51.1 Å². The lowest BCUT2D eigenvalue weighted by Crippen LogP contribution is -2.50. The lowest BCUT2D eigenvalue weighted by atomic mass is 10.2. The molecule has 7 nitrogen and oxygen atoms in total. The van der Waals surface area contributed by atoms with E-state index in [0.29, 0.717) is 19.6 Å². The highest BCUT2D eigenvalue weighted by Gasteiger charge is 2.22. The average Bonchev–Trinajstić information content (AvgIpc) is 2.74. The minimum absolute atomic E-state index is 0.122. The summed E-state index contributed by atoms with van der Waals surface area (Å²) in [5.41, 5.74) is 2.17. The zero-order chi connectivity index (χ0) is 19.1. The lowest BCUT2D eigenvalue weighted by molar-refractivity contribution is -0.129. The van der Waals surface area contributed by atoms with Crippen molar-refractivity contribution < 1.29 is 4.79 Å². The van der Waals surface area contributed by atoms with Gasteiger partial charge < -0.3 is 20.0 Å². The molecule has 2 aromatic rings. The van der Waals surface area contributed by atoms with Gasteiger partial charge in [0, 0.05) is 63.0 Å². The Kier molecular flexibility index (Phi) is 6.46. The molecule has 0 unspecified atom stereocenters. The summed E-state index contributed by atoms with van der Waals surface area (Å²) in [6.45, 7) is 9.49. The Hall–Kier alpha value is -2.83. The number of carbonyl (C=O) groups is 1. The molecule has 1 fully saturated rings. The van der Waals surface area contributed by atoms with E-state index in [1.807, 2.05) is 23.1 Å². The Morgan fingerprint density at radius 3 is 2.26 bits per heavy atom. The van der Waals surface area contributed by atoms with E-state index < -0.39 is 0 Å². The number of benzene rings is 1. The molecular formula is C20H28N6O. The van der Waals surface area contributed by atoms with Crippen LogP contribution in [0.25, 0.3) is 0 Å². The Morgan fingerprint density at radius 2 is 1.67 bits per heavy atom. The van der Waals surface area contributed by atoms with Crippen LogP contribution >= 0.6 is 0 Å². The van der Waals surface area contributed by atoms with Crippen LogP contribution in [0, 0.1) is 0 Å². The van der Waals surface area contributed by atoms with E-state index in [4.69, 9.17) is 0 Å². The van der Waals surface area contributed by atoms with Gasteiger partial charge in [-0.2, -0.15) is 0 Å². The normalized spacial score (nSPS) is 14.1. The molecule has 0 spiro atoms. The van der Waals surface area contributed by atoms with E-state index in [1.54, 1.807) is 12.4 Å². The van der Waals surface area contributed by atoms with Gasteiger partial charge in [0.1, 0.15) is 0 Å². The van der Waals surface area contributed by atoms with Crippen LogP contribution < -0.4 is 15.1 Å². The molecule has 1 saturated heterocycles. The second-order valence-electron chi connectivity index (χ2n) is 6.49. The van der Waals surface area contributed by atoms with Crippen molar-refractivity contribution >= 4 is 23.2 Å². The molecule has 1 aromatic heterocycles. The maximum atomic E-state index is 12.5. The standard InChI is InChI=1S/C20H28N6O/c1-3-24(4-2)18-8-6-17(7-9-18)23-16-19(27)25-12-14-26(15-13-25)20-21-10-5-11-22-20/h5-11,23H,3-4,12-16H2,1-2H3. The number of nitrogens with one attached hydrogen (secondary N) is 1. The van der Waals surface area contributed by atoms with Gasteiger partial charge in [0.15, 0.2) is 0 Å². The molecular weight excluding hydrogens is 340 g/mol. The van der Waals surface area contributed by atoms with Gasteiger partial charge in [-0.1, -0.05) is 0 Å². The van der Waals surface area contributed by atoms with Crippen molar-refractivity contribution in [3.8, 4) is 0 Å². The van der Waals surface area contributed by atoms with Crippen LogP contribution in [0.2, 0.25) is 0 Å². The number of piperazine rings is 1. The van der Waals surface area contributed by atoms with Gasteiger partial charge in [0.2, 0.25) is 11.9 Å². The Bertz CT molecular complexity index is 709. The molecule has 1 aliphatic rings. The maximum absolute atomic E-state index is 12.5. The number of carbonyl (C=O) groups excluding carboxylic acids is 1. The van der Waals surface area contributed by atoms with E-state index >= 15 is 0 Å². The minimum atomic E-state index is 0.122. The van der Waals surface area contributed by atoms with Crippen LogP contribution in [-0.4, -0.2) is 66.6 Å². The van der Waals surface area contributed by atoms with Crippen molar-refractivity contribution in [2.24, 2.45) is 0 Å². The van der Waals surface area contributed by atoms with Gasteiger partial charge in [-0.25, -0.2) is 9.97 Å². The summed E-state index contributed by atoms with van der Waals surface area (Å²) in [6, 6.07) is 10.1. The SMILES string of the molecule is CCN(CC)c1ccc(NCC(=O)N2CCN(c3ncccn3)CC2)cc1. The number of rotatable bonds is 7. The molecule has 3 rings (SSSR count). The molecule has 0 atom stereocenters. The molecule has 1 amide bonds. The third-order valence-electron chi connectivity index (χ3n) is 4.91. The first-order chi connectivity index (χ1) is 13.2. The molecule has 27 heavy (non-hydrogen) atoms.